The molecule has 0 amide bonds. The highest BCUT2D eigenvalue weighted by atomic mass is 16.5. The number of nitrogens with zero attached hydrogens (tertiary/aromatic N) is 3. The number of nitrogens with two attached hydrogens (primary N) is 1. The Morgan fingerprint density at radius 3 is 2.88 bits per heavy atom. The summed E-state index contributed by atoms with van der Waals surface area (Å²) in [5.41, 5.74) is 7.43. The molecule has 0 aromatic carbocycles. The van der Waals surface area contributed by atoms with Crippen LogP contribution in [0.15, 0.2) is 22.7 Å². The minimum absolute atomic E-state index is 0.203. The molecule has 16 heavy (non-hydrogen) atoms. The lowest BCUT2D eigenvalue weighted by Gasteiger charge is -1.99. The molecule has 0 aliphatic rings. The summed E-state index contributed by atoms with van der Waals surface area (Å²) in [6, 6.07) is 5.47. The van der Waals surface area contributed by atoms with E-state index in [9.17, 15) is 0 Å². The van der Waals surface area contributed by atoms with Crippen molar-refractivity contribution >= 4 is 0 Å². The van der Waals surface area contributed by atoms with E-state index in [-0.39, 0.29) is 6.04 Å². The van der Waals surface area contributed by atoms with Gasteiger partial charge in [0.25, 0.3) is 0 Å². The minimum atomic E-state index is -0.203. The zero-order chi connectivity index (χ0) is 11.5. The van der Waals surface area contributed by atoms with Crippen LogP contribution in [0.3, 0.4) is 0 Å². The second-order valence-corrected chi connectivity index (χ2v) is 3.64. The molecule has 0 bridgehead atoms. The Hall–Kier alpha value is -1.75. The van der Waals surface area contributed by atoms with Gasteiger partial charge in [-0.2, -0.15) is 4.98 Å². The maximum Gasteiger partial charge on any atom is 0.243 e. The zero-order valence-electron chi connectivity index (χ0n) is 9.34. The van der Waals surface area contributed by atoms with E-state index in [1.54, 1.807) is 0 Å². The first-order valence-electron chi connectivity index (χ1n) is 5.24. The van der Waals surface area contributed by atoms with E-state index in [0.717, 1.165) is 12.1 Å². The maximum atomic E-state index is 5.80. The molecule has 0 saturated carbocycles. The Kier molecular flexibility index (Phi) is 2.96. The summed E-state index contributed by atoms with van der Waals surface area (Å²) in [7, 11) is 0. The van der Waals surface area contributed by atoms with E-state index in [0.29, 0.717) is 17.4 Å². The number of rotatable bonds is 3. The van der Waals surface area contributed by atoms with Crippen LogP contribution in [0.1, 0.15) is 31.0 Å². The van der Waals surface area contributed by atoms with Crippen molar-refractivity contribution in [2.75, 3.05) is 0 Å². The lowest BCUT2D eigenvalue weighted by Crippen LogP contribution is -2.08. The summed E-state index contributed by atoms with van der Waals surface area (Å²) >= 11 is 0. The summed E-state index contributed by atoms with van der Waals surface area (Å²) < 4.78 is 5.09. The molecule has 0 fully saturated rings. The van der Waals surface area contributed by atoms with Crippen molar-refractivity contribution in [3.8, 4) is 11.5 Å². The van der Waals surface area contributed by atoms with Crippen LogP contribution in [0.4, 0.5) is 0 Å². The highest BCUT2D eigenvalue weighted by Gasteiger charge is 2.14. The molecule has 2 aromatic heterocycles. The van der Waals surface area contributed by atoms with Gasteiger partial charge in [-0.3, -0.25) is 0 Å². The van der Waals surface area contributed by atoms with Crippen molar-refractivity contribution in [1.29, 1.82) is 0 Å². The monoisotopic (exact) mass is 218 g/mol. The Labute approximate surface area is 93.7 Å². The fourth-order valence-electron chi connectivity index (χ4n) is 1.33. The molecule has 0 spiro atoms. The average Bonchev–Trinajstić information content (AvgIpc) is 2.77. The topological polar surface area (TPSA) is 77.8 Å². The summed E-state index contributed by atoms with van der Waals surface area (Å²) in [5.74, 6) is 0.948. The fraction of sp³-hybridized carbons (Fsp3) is 0.364. The van der Waals surface area contributed by atoms with Gasteiger partial charge in [0.15, 0.2) is 0 Å². The number of hydrogen-bond acceptors (Lipinski definition) is 5. The van der Waals surface area contributed by atoms with Gasteiger partial charge in [0.05, 0.1) is 6.04 Å². The third kappa shape index (κ3) is 2.09. The van der Waals surface area contributed by atoms with E-state index >= 15 is 0 Å². The second-order valence-electron chi connectivity index (χ2n) is 3.64. The molecule has 0 radical (unpaired) electrons. The average molecular weight is 218 g/mol. The van der Waals surface area contributed by atoms with Crippen molar-refractivity contribution < 1.29 is 4.52 Å². The van der Waals surface area contributed by atoms with Crippen LogP contribution in [-0.2, 0) is 0 Å². The molecule has 84 valence electrons. The Balaban J connectivity index is 2.31. The smallest absolute Gasteiger partial charge is 0.243 e. The quantitative estimate of drug-likeness (QED) is 0.850. The third-order valence-electron chi connectivity index (χ3n) is 2.32. The van der Waals surface area contributed by atoms with Gasteiger partial charge < -0.3 is 10.3 Å². The number of pyridine rings is 1. The van der Waals surface area contributed by atoms with Crippen molar-refractivity contribution in [2.45, 2.75) is 26.3 Å². The third-order valence-corrected chi connectivity index (χ3v) is 2.32. The molecular formula is C11H14N4O. The molecule has 2 N–H and O–H groups in total. The molecule has 2 rings (SSSR count). The normalized spacial score (nSPS) is 12.7. The predicted octanol–water partition coefficient (Wildman–Crippen LogP) is 1.85. The molecule has 1 unspecified atom stereocenters. The molecule has 0 aliphatic carbocycles. The molecule has 5 nitrogen and oxygen atoms in total. The number of hydrogen-bond donors (Lipinski definition) is 1. The Morgan fingerprint density at radius 1 is 1.38 bits per heavy atom. The fourth-order valence-corrected chi connectivity index (χ4v) is 1.33. The van der Waals surface area contributed by atoms with Gasteiger partial charge in [0.2, 0.25) is 11.7 Å². The van der Waals surface area contributed by atoms with Crippen LogP contribution in [-0.4, -0.2) is 15.1 Å². The first-order chi connectivity index (χ1) is 7.70. The van der Waals surface area contributed by atoms with Gasteiger partial charge in [-0.25, -0.2) is 4.98 Å². The molecule has 0 saturated heterocycles. The minimum Gasteiger partial charge on any atom is -0.337 e. The first kappa shape index (κ1) is 10.8. The summed E-state index contributed by atoms with van der Waals surface area (Å²) in [6.07, 6.45) is 0.767. The Morgan fingerprint density at radius 2 is 2.19 bits per heavy atom. The van der Waals surface area contributed by atoms with Gasteiger partial charge in [-0.05, 0) is 25.5 Å². The van der Waals surface area contributed by atoms with Crippen LogP contribution in [0, 0.1) is 6.92 Å². The largest absolute Gasteiger partial charge is 0.337 e. The Bertz CT molecular complexity index is 480. The van der Waals surface area contributed by atoms with Crippen LogP contribution in [0.25, 0.3) is 11.5 Å². The second kappa shape index (κ2) is 4.40. The van der Waals surface area contributed by atoms with Crippen LogP contribution in [0.5, 0.6) is 0 Å². The first-order valence-corrected chi connectivity index (χ1v) is 5.24. The molecule has 0 aliphatic heterocycles. The molecule has 2 heterocycles. The van der Waals surface area contributed by atoms with Crippen molar-refractivity contribution in [1.82, 2.24) is 15.1 Å². The van der Waals surface area contributed by atoms with E-state index in [1.165, 1.54) is 0 Å². The summed E-state index contributed by atoms with van der Waals surface area (Å²) in [4.78, 5) is 8.54. The molecule has 5 heteroatoms. The highest BCUT2D eigenvalue weighted by molar-refractivity contribution is 5.48. The maximum absolute atomic E-state index is 5.80. The van der Waals surface area contributed by atoms with Gasteiger partial charge in [0, 0.05) is 5.69 Å². The van der Waals surface area contributed by atoms with Crippen LogP contribution >= 0.6 is 0 Å². The van der Waals surface area contributed by atoms with Gasteiger partial charge in [-0.15, -0.1) is 0 Å². The molecule has 1 atom stereocenters. The lowest BCUT2D eigenvalue weighted by molar-refractivity contribution is 0.352. The van der Waals surface area contributed by atoms with E-state index in [2.05, 4.69) is 15.1 Å². The summed E-state index contributed by atoms with van der Waals surface area (Å²) in [6.45, 7) is 3.89. The van der Waals surface area contributed by atoms with E-state index < -0.39 is 0 Å². The van der Waals surface area contributed by atoms with Gasteiger partial charge >= 0.3 is 0 Å². The van der Waals surface area contributed by atoms with Gasteiger partial charge in [-0.1, -0.05) is 18.1 Å². The SMILES string of the molecule is CCC(N)c1nc(-c2cccc(C)n2)no1. The zero-order valence-corrected chi connectivity index (χ0v) is 9.34. The van der Waals surface area contributed by atoms with Gasteiger partial charge in [0.1, 0.15) is 5.69 Å². The van der Waals surface area contributed by atoms with E-state index in [1.807, 2.05) is 32.0 Å². The van der Waals surface area contributed by atoms with Crippen molar-refractivity contribution in [3.05, 3.63) is 29.8 Å². The standard InChI is InChI=1S/C11H14N4O/c1-3-8(12)11-14-10(15-16-11)9-6-4-5-7(2)13-9/h4-6,8H,3,12H2,1-2H3. The van der Waals surface area contributed by atoms with Crippen LogP contribution < -0.4 is 5.73 Å². The summed E-state index contributed by atoms with van der Waals surface area (Å²) in [5, 5.41) is 3.87. The lowest BCUT2D eigenvalue weighted by atomic mass is 10.2. The van der Waals surface area contributed by atoms with Crippen molar-refractivity contribution in [3.63, 3.8) is 0 Å². The van der Waals surface area contributed by atoms with E-state index in [4.69, 9.17) is 10.3 Å². The number of aromatic nitrogens is 3. The van der Waals surface area contributed by atoms with Crippen molar-refractivity contribution in [2.24, 2.45) is 5.73 Å². The predicted molar refractivity (Wildman–Crippen MR) is 59.5 cm³/mol. The molecule has 2 aromatic rings. The number of aryl methyl sites for hydroxylation is 1. The molecular weight excluding hydrogens is 204 g/mol. The highest BCUT2D eigenvalue weighted by Crippen LogP contribution is 2.17. The van der Waals surface area contributed by atoms with Crippen LogP contribution in [0.2, 0.25) is 0 Å².